The molecule has 310 valence electrons. The summed E-state index contributed by atoms with van der Waals surface area (Å²) in [5, 5.41) is 23.5. The molecule has 3 unspecified atom stereocenters. The Labute approximate surface area is 328 Å². The van der Waals surface area contributed by atoms with Gasteiger partial charge in [0.15, 0.2) is 0 Å². The molecule has 0 bridgehead atoms. The van der Waals surface area contributed by atoms with Gasteiger partial charge in [0.05, 0.1) is 25.2 Å². The van der Waals surface area contributed by atoms with E-state index in [9.17, 15) is 19.8 Å². The van der Waals surface area contributed by atoms with Gasteiger partial charge in [-0.1, -0.05) is 186 Å². The van der Waals surface area contributed by atoms with Gasteiger partial charge >= 0.3 is 5.97 Å². The van der Waals surface area contributed by atoms with Crippen LogP contribution < -0.4 is 5.32 Å². The van der Waals surface area contributed by atoms with Crippen molar-refractivity contribution in [1.29, 1.82) is 0 Å². The van der Waals surface area contributed by atoms with Crippen molar-refractivity contribution in [3.63, 3.8) is 0 Å². The molecule has 0 radical (unpaired) electrons. The van der Waals surface area contributed by atoms with E-state index in [0.717, 1.165) is 64.2 Å². The number of rotatable bonds is 40. The largest absolute Gasteiger partial charge is 0.462 e. The van der Waals surface area contributed by atoms with Crippen LogP contribution in [0.3, 0.4) is 0 Å². The van der Waals surface area contributed by atoms with Crippen molar-refractivity contribution in [2.24, 2.45) is 0 Å². The first-order chi connectivity index (χ1) is 26.0. The molecule has 0 saturated heterocycles. The van der Waals surface area contributed by atoms with Crippen molar-refractivity contribution in [3.8, 4) is 0 Å². The van der Waals surface area contributed by atoms with Gasteiger partial charge in [0.2, 0.25) is 5.91 Å². The van der Waals surface area contributed by atoms with Gasteiger partial charge in [-0.25, -0.2) is 0 Å². The second-order valence-corrected chi connectivity index (χ2v) is 15.5. The van der Waals surface area contributed by atoms with Gasteiger partial charge in [-0.15, -0.1) is 0 Å². The molecule has 6 nitrogen and oxygen atoms in total. The predicted octanol–water partition coefficient (Wildman–Crippen LogP) is 12.9. The van der Waals surface area contributed by atoms with E-state index in [1.807, 2.05) is 0 Å². The zero-order chi connectivity index (χ0) is 38.9. The van der Waals surface area contributed by atoms with Crippen LogP contribution >= 0.6 is 0 Å². The third kappa shape index (κ3) is 36.8. The second-order valence-electron chi connectivity index (χ2n) is 15.5. The molecule has 0 spiro atoms. The number of hydrogen-bond acceptors (Lipinski definition) is 5. The minimum atomic E-state index is -0.796. The van der Waals surface area contributed by atoms with E-state index in [4.69, 9.17) is 4.74 Å². The zero-order valence-electron chi connectivity index (χ0n) is 35.1. The van der Waals surface area contributed by atoms with Crippen molar-refractivity contribution >= 4 is 11.9 Å². The maximum Gasteiger partial charge on any atom is 0.306 e. The number of ether oxygens (including phenoxy) is 1. The highest BCUT2D eigenvalue weighted by atomic mass is 16.5. The maximum absolute atomic E-state index is 13.1. The van der Waals surface area contributed by atoms with Gasteiger partial charge in [0, 0.05) is 6.42 Å². The highest BCUT2D eigenvalue weighted by Gasteiger charge is 2.24. The monoisotopic (exact) mass is 746 g/mol. The summed E-state index contributed by atoms with van der Waals surface area (Å²) in [5.41, 5.74) is 0. The molecule has 0 aromatic carbocycles. The second kappa shape index (κ2) is 41.2. The summed E-state index contributed by atoms with van der Waals surface area (Å²) in [4.78, 5) is 25.9. The summed E-state index contributed by atoms with van der Waals surface area (Å²) in [6.45, 7) is 6.39. The Bertz CT molecular complexity index is 884. The molecule has 0 heterocycles. The van der Waals surface area contributed by atoms with E-state index in [0.29, 0.717) is 19.3 Å². The number of unbranched alkanes of at least 4 members (excludes halogenated alkanes) is 23. The van der Waals surface area contributed by atoms with Gasteiger partial charge in [-0.2, -0.15) is 0 Å². The van der Waals surface area contributed by atoms with Crippen LogP contribution in [0.15, 0.2) is 36.5 Å². The minimum absolute atomic E-state index is 0.0425. The molecule has 0 aromatic heterocycles. The fourth-order valence-electron chi connectivity index (χ4n) is 6.70. The molecular weight excluding hydrogens is 659 g/mol. The van der Waals surface area contributed by atoms with Crippen LogP contribution in [0.25, 0.3) is 0 Å². The van der Waals surface area contributed by atoms with Crippen LogP contribution in [0.2, 0.25) is 0 Å². The van der Waals surface area contributed by atoms with E-state index in [2.05, 4.69) is 62.5 Å². The molecule has 6 heteroatoms. The Morgan fingerprint density at radius 1 is 0.547 bits per heavy atom. The highest BCUT2D eigenvalue weighted by molar-refractivity contribution is 5.77. The fourth-order valence-corrected chi connectivity index (χ4v) is 6.70. The van der Waals surface area contributed by atoms with E-state index in [1.54, 1.807) is 0 Å². The Kier molecular flexibility index (Phi) is 39.8. The number of hydrogen-bond donors (Lipinski definition) is 3. The number of carbonyl (C=O) groups is 2. The first kappa shape index (κ1) is 51.1. The van der Waals surface area contributed by atoms with E-state index in [1.165, 1.54) is 116 Å². The van der Waals surface area contributed by atoms with E-state index < -0.39 is 18.2 Å². The number of esters is 1. The fraction of sp³-hybridized carbons (Fsp3) is 0.830. The molecule has 3 atom stereocenters. The molecule has 0 aliphatic heterocycles. The van der Waals surface area contributed by atoms with Crippen molar-refractivity contribution in [3.05, 3.63) is 36.5 Å². The van der Waals surface area contributed by atoms with Gasteiger partial charge in [-0.3, -0.25) is 9.59 Å². The molecule has 53 heavy (non-hydrogen) atoms. The normalized spacial score (nSPS) is 13.7. The number of carbonyl (C=O) groups excluding carboxylic acids is 2. The van der Waals surface area contributed by atoms with Gasteiger partial charge in [0.25, 0.3) is 0 Å². The summed E-state index contributed by atoms with van der Waals surface area (Å²) in [6.07, 6.45) is 46.4. The predicted molar refractivity (Wildman–Crippen MR) is 227 cm³/mol. The molecule has 0 rings (SSSR count). The third-order valence-corrected chi connectivity index (χ3v) is 10.2. The number of amides is 1. The SMILES string of the molecule is CCCC/C=C\CCCCCCCC(=O)OC(CCC/C=C/C=C/CCCCCCCCC)CC(=O)NC(CO)C(O)CCCCCCCCCCC. The summed E-state index contributed by atoms with van der Waals surface area (Å²) in [7, 11) is 0. The van der Waals surface area contributed by atoms with Crippen LogP contribution in [0.1, 0.15) is 226 Å². The first-order valence-corrected chi connectivity index (χ1v) is 22.7. The van der Waals surface area contributed by atoms with Gasteiger partial charge in [0.1, 0.15) is 6.10 Å². The third-order valence-electron chi connectivity index (χ3n) is 10.2. The standard InChI is InChI=1S/C47H87NO5/c1-4-7-10-13-16-19-21-22-23-25-27-29-32-35-38-43(53-47(52)40-37-34-31-28-24-20-17-14-11-8-5-2)41-46(51)48-44(42-49)45(50)39-36-33-30-26-18-15-12-9-6-3/h14,17,23,25,27,29,43-45,49-50H,4-13,15-16,18-22,24,26,28,30-42H2,1-3H3,(H,48,51)/b17-14-,25-23+,29-27+. The molecule has 0 aliphatic rings. The Morgan fingerprint density at radius 3 is 1.55 bits per heavy atom. The summed E-state index contributed by atoms with van der Waals surface area (Å²) in [5.74, 6) is -0.532. The van der Waals surface area contributed by atoms with Crippen molar-refractivity contribution < 1.29 is 24.5 Å². The van der Waals surface area contributed by atoms with Crippen LogP contribution in [-0.2, 0) is 14.3 Å². The average molecular weight is 746 g/mol. The summed E-state index contributed by atoms with van der Waals surface area (Å²) < 4.78 is 5.86. The Morgan fingerprint density at radius 2 is 1.00 bits per heavy atom. The maximum atomic E-state index is 13.1. The Balaban J connectivity index is 4.70. The molecule has 3 N–H and O–H groups in total. The summed E-state index contributed by atoms with van der Waals surface area (Å²) in [6, 6.07) is -0.712. The molecule has 0 fully saturated rings. The minimum Gasteiger partial charge on any atom is -0.462 e. The zero-order valence-corrected chi connectivity index (χ0v) is 35.1. The molecule has 0 saturated carbocycles. The van der Waals surface area contributed by atoms with Crippen LogP contribution in [0.4, 0.5) is 0 Å². The topological polar surface area (TPSA) is 95.9 Å². The average Bonchev–Trinajstić information content (AvgIpc) is 3.15. The summed E-state index contributed by atoms with van der Waals surface area (Å²) >= 11 is 0. The lowest BCUT2D eigenvalue weighted by molar-refractivity contribution is -0.151. The highest BCUT2D eigenvalue weighted by Crippen LogP contribution is 2.16. The smallest absolute Gasteiger partial charge is 0.306 e. The van der Waals surface area contributed by atoms with Crippen molar-refractivity contribution in [1.82, 2.24) is 5.32 Å². The number of aliphatic hydroxyl groups excluding tert-OH is 2. The molecule has 1 amide bonds. The van der Waals surface area contributed by atoms with Gasteiger partial charge in [-0.05, 0) is 64.2 Å². The lowest BCUT2D eigenvalue weighted by Crippen LogP contribution is -2.46. The number of nitrogens with one attached hydrogen (secondary N) is 1. The molecule has 0 aromatic rings. The van der Waals surface area contributed by atoms with Gasteiger partial charge < -0.3 is 20.3 Å². The van der Waals surface area contributed by atoms with Crippen molar-refractivity contribution in [2.45, 2.75) is 244 Å². The quantitative estimate of drug-likeness (QED) is 0.0251. The lowest BCUT2D eigenvalue weighted by Gasteiger charge is -2.24. The van der Waals surface area contributed by atoms with E-state index in [-0.39, 0.29) is 24.9 Å². The van der Waals surface area contributed by atoms with E-state index >= 15 is 0 Å². The van der Waals surface area contributed by atoms with Crippen LogP contribution in [-0.4, -0.2) is 46.9 Å². The Hall–Kier alpha value is -1.92. The lowest BCUT2D eigenvalue weighted by atomic mass is 10.0. The van der Waals surface area contributed by atoms with Crippen LogP contribution in [0.5, 0.6) is 0 Å². The van der Waals surface area contributed by atoms with Crippen molar-refractivity contribution in [2.75, 3.05) is 6.61 Å². The van der Waals surface area contributed by atoms with Crippen LogP contribution in [0, 0.1) is 0 Å². The number of aliphatic hydroxyl groups is 2. The first-order valence-electron chi connectivity index (χ1n) is 22.7. The number of allylic oxidation sites excluding steroid dienone is 6. The molecule has 0 aliphatic carbocycles. The molecular formula is C47H87NO5.